The number of rotatable bonds is 4. The van der Waals surface area contributed by atoms with Crippen molar-refractivity contribution >= 4 is 29.9 Å². The van der Waals surface area contributed by atoms with Gasteiger partial charge in [-0.2, -0.15) is 0 Å². The number of fused-ring (bicyclic) bond motifs is 1. The van der Waals surface area contributed by atoms with Crippen molar-refractivity contribution in [1.29, 1.82) is 0 Å². The Morgan fingerprint density at radius 1 is 0.962 bits per heavy atom. The molecule has 144 valence electrons. The highest BCUT2D eigenvalue weighted by molar-refractivity contribution is 5.92. The second kappa shape index (κ2) is 7.68. The Bertz CT molecular complexity index is 632. The molecule has 2 heterocycles. The maximum atomic E-state index is 12.0. The van der Waals surface area contributed by atoms with Crippen molar-refractivity contribution in [3.05, 3.63) is 0 Å². The Morgan fingerprint density at radius 3 is 2.04 bits per heavy atom. The van der Waals surface area contributed by atoms with Gasteiger partial charge in [-0.25, -0.2) is 9.69 Å². The zero-order valence-electron chi connectivity index (χ0n) is 14.6. The Balaban J connectivity index is 2.40. The van der Waals surface area contributed by atoms with E-state index in [0.717, 1.165) is 25.7 Å². The Labute approximate surface area is 148 Å². The van der Waals surface area contributed by atoms with E-state index in [0.29, 0.717) is 0 Å². The molecule has 2 aliphatic heterocycles. The molecule has 0 radical (unpaired) electrons. The minimum atomic E-state index is -1.27. The van der Waals surface area contributed by atoms with Crippen LogP contribution >= 0.6 is 0 Å². The van der Waals surface area contributed by atoms with Gasteiger partial charge in [0, 0.05) is 27.7 Å². The third-order valence-corrected chi connectivity index (χ3v) is 3.72. The molecule has 11 nitrogen and oxygen atoms in total. The summed E-state index contributed by atoms with van der Waals surface area (Å²) in [4.78, 5) is 58.7. The molecule has 0 aromatic carbocycles. The van der Waals surface area contributed by atoms with Crippen molar-refractivity contribution in [2.75, 3.05) is 6.61 Å². The van der Waals surface area contributed by atoms with Crippen LogP contribution in [-0.2, 0) is 42.9 Å². The van der Waals surface area contributed by atoms with E-state index >= 15 is 0 Å². The Morgan fingerprint density at radius 2 is 1.54 bits per heavy atom. The molecule has 2 fully saturated rings. The van der Waals surface area contributed by atoms with Crippen LogP contribution in [0.3, 0.4) is 0 Å². The normalized spacial score (nSPS) is 30.1. The highest BCUT2D eigenvalue weighted by Gasteiger charge is 2.59. The number of imide groups is 1. The van der Waals surface area contributed by atoms with Crippen molar-refractivity contribution in [2.24, 2.45) is 0 Å². The van der Waals surface area contributed by atoms with E-state index < -0.39 is 60.6 Å². The van der Waals surface area contributed by atoms with Crippen molar-refractivity contribution in [2.45, 2.75) is 58.3 Å². The van der Waals surface area contributed by atoms with Gasteiger partial charge in [-0.1, -0.05) is 0 Å². The summed E-state index contributed by atoms with van der Waals surface area (Å²) in [5, 5.41) is 0. The molecule has 0 N–H and O–H groups in total. The predicted octanol–water partition coefficient (Wildman–Crippen LogP) is -0.495. The van der Waals surface area contributed by atoms with Crippen LogP contribution in [0.5, 0.6) is 0 Å². The van der Waals surface area contributed by atoms with Crippen molar-refractivity contribution in [1.82, 2.24) is 4.90 Å². The van der Waals surface area contributed by atoms with E-state index in [1.165, 1.54) is 6.92 Å². The van der Waals surface area contributed by atoms with Crippen molar-refractivity contribution in [3.63, 3.8) is 0 Å². The molecule has 0 unspecified atom stereocenters. The Kier molecular flexibility index (Phi) is 5.80. The molecule has 0 aromatic rings. The van der Waals surface area contributed by atoms with Gasteiger partial charge >= 0.3 is 24.0 Å². The predicted molar refractivity (Wildman–Crippen MR) is 79.2 cm³/mol. The van der Waals surface area contributed by atoms with Crippen LogP contribution in [0.4, 0.5) is 4.79 Å². The second-order valence-corrected chi connectivity index (χ2v) is 5.76. The van der Waals surface area contributed by atoms with Crippen LogP contribution < -0.4 is 0 Å². The van der Waals surface area contributed by atoms with Crippen molar-refractivity contribution < 1.29 is 47.7 Å². The number of nitrogens with zero attached hydrogens (tertiary/aromatic N) is 1. The van der Waals surface area contributed by atoms with E-state index in [1.54, 1.807) is 0 Å². The van der Waals surface area contributed by atoms with E-state index in [-0.39, 0.29) is 6.61 Å². The average Bonchev–Trinajstić information content (AvgIpc) is 2.82. The van der Waals surface area contributed by atoms with Gasteiger partial charge < -0.3 is 23.7 Å². The van der Waals surface area contributed by atoms with Crippen LogP contribution in [0.15, 0.2) is 0 Å². The summed E-state index contributed by atoms with van der Waals surface area (Å²) in [5.41, 5.74) is 0. The molecule has 2 amide bonds. The van der Waals surface area contributed by atoms with Crippen LogP contribution in [-0.4, -0.2) is 72.1 Å². The van der Waals surface area contributed by atoms with Gasteiger partial charge in [0.05, 0.1) is 0 Å². The van der Waals surface area contributed by atoms with Gasteiger partial charge in [-0.05, 0) is 0 Å². The first-order valence-corrected chi connectivity index (χ1v) is 7.75. The quantitative estimate of drug-likeness (QED) is 0.469. The average molecular weight is 373 g/mol. The van der Waals surface area contributed by atoms with Gasteiger partial charge in [0.2, 0.25) is 12.2 Å². The third kappa shape index (κ3) is 4.10. The number of amides is 2. The van der Waals surface area contributed by atoms with Gasteiger partial charge in [-0.15, -0.1) is 0 Å². The number of ether oxygens (including phenoxy) is 5. The number of hydrogen-bond acceptors (Lipinski definition) is 10. The maximum Gasteiger partial charge on any atom is 0.419 e. The smallest absolute Gasteiger partial charge is 0.419 e. The fraction of sp³-hybridized carbons (Fsp3) is 0.667. The zero-order valence-corrected chi connectivity index (χ0v) is 14.6. The molecule has 0 bridgehead atoms. The highest BCUT2D eigenvalue weighted by atomic mass is 16.7. The topological polar surface area (TPSA) is 135 Å². The molecule has 2 saturated heterocycles. The van der Waals surface area contributed by atoms with Gasteiger partial charge in [0.1, 0.15) is 18.8 Å². The molecule has 0 aromatic heterocycles. The first-order valence-electron chi connectivity index (χ1n) is 7.75. The number of carbonyl (C=O) groups is 5. The van der Waals surface area contributed by atoms with Crippen LogP contribution in [0.1, 0.15) is 27.7 Å². The first-order chi connectivity index (χ1) is 12.1. The second-order valence-electron chi connectivity index (χ2n) is 5.76. The molecular formula is C15H19NO10. The fourth-order valence-electron chi connectivity index (χ4n) is 2.87. The largest absolute Gasteiger partial charge is 0.463 e. The molecule has 0 aliphatic carbocycles. The standard InChI is InChI=1S/C15H19NO10/c1-6(17)16-11-13(24-9(4)20)12(23-8(3)19)10(5-22-7(2)18)25-14(11)26-15(16)21/h10-14H,5H2,1-4H3/t10-,11-,12-,13-,14-/m1/s1. The lowest BCUT2D eigenvalue weighted by Gasteiger charge is -2.42. The third-order valence-electron chi connectivity index (χ3n) is 3.72. The molecule has 26 heavy (non-hydrogen) atoms. The highest BCUT2D eigenvalue weighted by Crippen LogP contribution is 2.35. The monoisotopic (exact) mass is 373 g/mol. The number of esters is 3. The van der Waals surface area contributed by atoms with E-state index in [4.69, 9.17) is 23.7 Å². The van der Waals surface area contributed by atoms with Crippen molar-refractivity contribution in [3.8, 4) is 0 Å². The molecule has 11 heteroatoms. The molecular weight excluding hydrogens is 354 g/mol. The number of hydrogen-bond donors (Lipinski definition) is 0. The van der Waals surface area contributed by atoms with E-state index in [2.05, 4.69) is 0 Å². The minimum absolute atomic E-state index is 0.341. The lowest BCUT2D eigenvalue weighted by Crippen LogP contribution is -2.64. The zero-order chi connectivity index (χ0) is 19.6. The van der Waals surface area contributed by atoms with Gasteiger partial charge in [0.25, 0.3) is 0 Å². The summed E-state index contributed by atoms with van der Waals surface area (Å²) in [5.74, 6) is -2.73. The van der Waals surface area contributed by atoms with Crippen LogP contribution in [0.25, 0.3) is 0 Å². The summed E-state index contributed by atoms with van der Waals surface area (Å²) in [6.45, 7) is 4.19. The molecule has 2 aliphatic rings. The van der Waals surface area contributed by atoms with Gasteiger partial charge in [-0.3, -0.25) is 19.2 Å². The molecule has 5 atom stereocenters. The fourth-order valence-corrected chi connectivity index (χ4v) is 2.87. The summed E-state index contributed by atoms with van der Waals surface area (Å²) < 4.78 is 25.9. The van der Waals surface area contributed by atoms with E-state index in [1.807, 2.05) is 0 Å². The lowest BCUT2D eigenvalue weighted by atomic mass is 9.95. The lowest BCUT2D eigenvalue weighted by molar-refractivity contribution is -0.254. The summed E-state index contributed by atoms with van der Waals surface area (Å²) in [6.07, 6.45) is -5.82. The molecule has 2 rings (SSSR count). The van der Waals surface area contributed by atoms with Gasteiger partial charge in [0.15, 0.2) is 12.2 Å². The SMILES string of the molecule is CC(=O)OC[C@H]1O[C@@H]2OC(=O)N(C(C)=O)[C@@H]2[C@@H](OC(C)=O)[C@@H]1OC(C)=O. The maximum absolute atomic E-state index is 12.0. The first kappa shape index (κ1) is 19.6. The van der Waals surface area contributed by atoms with E-state index in [9.17, 15) is 24.0 Å². The Hall–Kier alpha value is -2.69. The summed E-state index contributed by atoms with van der Waals surface area (Å²) in [7, 11) is 0. The summed E-state index contributed by atoms with van der Waals surface area (Å²) >= 11 is 0. The molecule has 0 saturated carbocycles. The summed E-state index contributed by atoms with van der Waals surface area (Å²) in [6, 6.07) is -1.15. The molecule has 0 spiro atoms. The van der Waals surface area contributed by atoms with Crippen LogP contribution in [0.2, 0.25) is 0 Å². The number of carbonyl (C=O) groups excluding carboxylic acids is 5. The van der Waals surface area contributed by atoms with Crippen LogP contribution in [0, 0.1) is 0 Å². The minimum Gasteiger partial charge on any atom is -0.463 e.